The second-order valence-corrected chi connectivity index (χ2v) is 3.08. The van der Waals surface area contributed by atoms with Gasteiger partial charge in [-0.2, -0.15) is 0 Å². The number of ether oxygens (including phenoxy) is 2. The van der Waals surface area contributed by atoms with Crippen LogP contribution < -0.4 is 10.5 Å². The summed E-state index contributed by atoms with van der Waals surface area (Å²) in [4.78, 5) is 11.6. The van der Waals surface area contributed by atoms with Crippen LogP contribution in [0.4, 0.5) is 5.69 Å². The average Bonchev–Trinajstić information content (AvgIpc) is 2.18. The minimum atomic E-state index is -0.411. The normalized spacial score (nSPS) is 9.80. The van der Waals surface area contributed by atoms with Gasteiger partial charge in [-0.15, -0.1) is 0 Å². The van der Waals surface area contributed by atoms with Crippen molar-refractivity contribution in [3.63, 3.8) is 0 Å². The summed E-state index contributed by atoms with van der Waals surface area (Å²) in [6.45, 7) is 3.86. The minimum absolute atomic E-state index is 0.328. The average molecular weight is 209 g/mol. The quantitative estimate of drug-likeness (QED) is 0.608. The molecular formula is C11H15NO3. The highest BCUT2D eigenvalue weighted by molar-refractivity contribution is 5.97. The fraction of sp³-hybridized carbons (Fsp3) is 0.364. The highest BCUT2D eigenvalue weighted by Gasteiger charge is 2.16. The Bertz CT molecular complexity index is 374. The van der Waals surface area contributed by atoms with Gasteiger partial charge in [-0.05, 0) is 26.0 Å². The summed E-state index contributed by atoms with van der Waals surface area (Å²) in [5.41, 5.74) is 7.22. The highest BCUT2D eigenvalue weighted by Crippen LogP contribution is 2.26. The number of anilines is 1. The second kappa shape index (κ2) is 4.68. The van der Waals surface area contributed by atoms with Crippen molar-refractivity contribution < 1.29 is 14.3 Å². The van der Waals surface area contributed by atoms with Crippen LogP contribution >= 0.6 is 0 Å². The number of esters is 1. The molecule has 0 aliphatic heterocycles. The smallest absolute Gasteiger partial charge is 0.340 e. The van der Waals surface area contributed by atoms with E-state index < -0.39 is 5.97 Å². The van der Waals surface area contributed by atoms with Crippen LogP contribution in [0.1, 0.15) is 22.8 Å². The van der Waals surface area contributed by atoms with E-state index in [2.05, 4.69) is 0 Å². The fourth-order valence-electron chi connectivity index (χ4n) is 1.41. The monoisotopic (exact) mass is 209 g/mol. The molecule has 0 heterocycles. The maximum atomic E-state index is 11.6. The summed E-state index contributed by atoms with van der Waals surface area (Å²) in [6, 6.07) is 3.37. The number of nitrogen functional groups attached to an aromatic ring is 1. The van der Waals surface area contributed by atoms with E-state index in [1.807, 2.05) is 0 Å². The summed E-state index contributed by atoms with van der Waals surface area (Å²) < 4.78 is 10.0. The lowest BCUT2D eigenvalue weighted by Crippen LogP contribution is -2.10. The predicted octanol–water partition coefficient (Wildman–Crippen LogP) is 1.76. The van der Waals surface area contributed by atoms with Crippen molar-refractivity contribution in [2.45, 2.75) is 13.8 Å². The van der Waals surface area contributed by atoms with E-state index in [1.54, 1.807) is 33.1 Å². The first-order valence-corrected chi connectivity index (χ1v) is 4.72. The molecule has 1 aromatic rings. The Labute approximate surface area is 89.0 Å². The molecule has 2 N–H and O–H groups in total. The molecule has 0 atom stereocenters. The van der Waals surface area contributed by atoms with Gasteiger partial charge in [0.15, 0.2) is 0 Å². The van der Waals surface area contributed by atoms with Gasteiger partial charge < -0.3 is 15.2 Å². The summed E-state index contributed by atoms with van der Waals surface area (Å²) in [5, 5.41) is 0. The molecule has 1 aromatic carbocycles. The van der Waals surface area contributed by atoms with Gasteiger partial charge in [0.05, 0.1) is 19.3 Å². The molecule has 0 aliphatic carbocycles. The molecule has 0 unspecified atom stereocenters. The molecule has 0 fully saturated rings. The number of benzene rings is 1. The standard InChI is InChI=1S/C11H15NO3/c1-4-15-11(13)10-7(2)9(14-3)6-5-8(10)12/h5-6H,4,12H2,1-3H3. The molecule has 4 nitrogen and oxygen atoms in total. The van der Waals surface area contributed by atoms with Gasteiger partial charge >= 0.3 is 5.97 Å². The molecule has 0 aliphatic rings. The number of carbonyl (C=O) groups is 1. The molecule has 0 saturated heterocycles. The first kappa shape index (κ1) is 11.4. The highest BCUT2D eigenvalue weighted by atomic mass is 16.5. The van der Waals surface area contributed by atoms with E-state index >= 15 is 0 Å². The molecule has 0 saturated carbocycles. The third kappa shape index (κ3) is 2.21. The maximum absolute atomic E-state index is 11.6. The van der Waals surface area contributed by atoms with Crippen LogP contribution in [-0.4, -0.2) is 19.7 Å². The zero-order chi connectivity index (χ0) is 11.4. The summed E-state index contributed by atoms with van der Waals surface area (Å²) in [7, 11) is 1.55. The lowest BCUT2D eigenvalue weighted by Gasteiger charge is -2.11. The predicted molar refractivity (Wildman–Crippen MR) is 58.1 cm³/mol. The van der Waals surface area contributed by atoms with Crippen molar-refractivity contribution in [3.8, 4) is 5.75 Å². The zero-order valence-corrected chi connectivity index (χ0v) is 9.16. The first-order chi connectivity index (χ1) is 7.11. The molecule has 0 aromatic heterocycles. The number of nitrogens with two attached hydrogens (primary N) is 1. The summed E-state index contributed by atoms with van der Waals surface area (Å²) in [6.07, 6.45) is 0. The first-order valence-electron chi connectivity index (χ1n) is 4.72. The Kier molecular flexibility index (Phi) is 3.55. The van der Waals surface area contributed by atoms with Crippen LogP contribution in [0.3, 0.4) is 0 Å². The van der Waals surface area contributed by atoms with Crippen LogP contribution in [0.5, 0.6) is 5.75 Å². The van der Waals surface area contributed by atoms with Crippen LogP contribution in [0.15, 0.2) is 12.1 Å². The van der Waals surface area contributed by atoms with Gasteiger partial charge in [0.25, 0.3) is 0 Å². The van der Waals surface area contributed by atoms with E-state index in [0.717, 1.165) is 0 Å². The van der Waals surface area contributed by atoms with Crippen molar-refractivity contribution in [1.82, 2.24) is 0 Å². The lowest BCUT2D eigenvalue weighted by molar-refractivity contribution is 0.0526. The van der Waals surface area contributed by atoms with Crippen molar-refractivity contribution in [3.05, 3.63) is 23.3 Å². The van der Waals surface area contributed by atoms with Crippen LogP contribution in [0, 0.1) is 6.92 Å². The van der Waals surface area contributed by atoms with Gasteiger partial charge in [-0.25, -0.2) is 4.79 Å². The Morgan fingerprint density at radius 1 is 1.47 bits per heavy atom. The van der Waals surface area contributed by atoms with Gasteiger partial charge in [0.2, 0.25) is 0 Å². The number of carbonyl (C=O) groups excluding carboxylic acids is 1. The van der Waals surface area contributed by atoms with Crippen LogP contribution in [0.2, 0.25) is 0 Å². The SMILES string of the molecule is CCOC(=O)c1c(N)ccc(OC)c1C. The second-order valence-electron chi connectivity index (χ2n) is 3.08. The van der Waals surface area contributed by atoms with Gasteiger partial charge in [0.1, 0.15) is 5.75 Å². The van der Waals surface area contributed by atoms with Gasteiger partial charge in [-0.3, -0.25) is 0 Å². The van der Waals surface area contributed by atoms with E-state index in [1.165, 1.54) is 0 Å². The Morgan fingerprint density at radius 3 is 2.67 bits per heavy atom. The maximum Gasteiger partial charge on any atom is 0.340 e. The molecule has 0 radical (unpaired) electrons. The fourth-order valence-corrected chi connectivity index (χ4v) is 1.41. The van der Waals surface area contributed by atoms with Crippen LogP contribution in [0.25, 0.3) is 0 Å². The van der Waals surface area contributed by atoms with Crippen molar-refractivity contribution in [2.75, 3.05) is 19.5 Å². The summed E-state index contributed by atoms with van der Waals surface area (Å²) in [5.74, 6) is 0.221. The molecule has 0 bridgehead atoms. The molecule has 82 valence electrons. The van der Waals surface area contributed by atoms with Crippen LogP contribution in [-0.2, 0) is 4.74 Å². The molecule has 15 heavy (non-hydrogen) atoms. The molecular weight excluding hydrogens is 194 g/mol. The van der Waals surface area contributed by atoms with E-state index in [-0.39, 0.29) is 0 Å². The Balaban J connectivity index is 3.20. The van der Waals surface area contributed by atoms with Crippen molar-refractivity contribution in [2.24, 2.45) is 0 Å². The van der Waals surface area contributed by atoms with Crippen molar-refractivity contribution in [1.29, 1.82) is 0 Å². The largest absolute Gasteiger partial charge is 0.496 e. The zero-order valence-electron chi connectivity index (χ0n) is 9.16. The number of rotatable bonds is 3. The van der Waals surface area contributed by atoms with E-state index in [4.69, 9.17) is 15.2 Å². The third-order valence-electron chi connectivity index (χ3n) is 2.15. The van der Waals surface area contributed by atoms with E-state index in [0.29, 0.717) is 29.2 Å². The Morgan fingerprint density at radius 2 is 2.13 bits per heavy atom. The lowest BCUT2D eigenvalue weighted by atomic mass is 10.1. The van der Waals surface area contributed by atoms with Gasteiger partial charge in [-0.1, -0.05) is 0 Å². The third-order valence-corrected chi connectivity index (χ3v) is 2.15. The molecule has 1 rings (SSSR count). The van der Waals surface area contributed by atoms with Crippen molar-refractivity contribution >= 4 is 11.7 Å². The topological polar surface area (TPSA) is 61.5 Å². The molecule has 0 spiro atoms. The molecule has 0 amide bonds. The number of hydrogen-bond donors (Lipinski definition) is 1. The van der Waals surface area contributed by atoms with E-state index in [9.17, 15) is 4.79 Å². The number of hydrogen-bond acceptors (Lipinski definition) is 4. The molecule has 4 heteroatoms. The summed E-state index contributed by atoms with van der Waals surface area (Å²) >= 11 is 0. The Hall–Kier alpha value is -1.71. The minimum Gasteiger partial charge on any atom is -0.496 e. The van der Waals surface area contributed by atoms with Gasteiger partial charge in [0, 0.05) is 11.3 Å². The number of methoxy groups -OCH3 is 1.